The van der Waals surface area contributed by atoms with E-state index in [1.54, 1.807) is 18.5 Å². The van der Waals surface area contributed by atoms with Gasteiger partial charge in [0, 0.05) is 33.0 Å². The van der Waals surface area contributed by atoms with Crippen LogP contribution >= 0.6 is 11.3 Å². The number of halogens is 1. The van der Waals surface area contributed by atoms with Crippen molar-refractivity contribution in [2.45, 2.75) is 56.6 Å². The molecule has 0 spiro atoms. The number of rotatable bonds is 1. The highest BCUT2D eigenvalue weighted by Gasteiger charge is 2.62. The fourth-order valence-corrected chi connectivity index (χ4v) is 6.22. The lowest BCUT2D eigenvalue weighted by Crippen LogP contribution is -2.65. The second-order valence-corrected chi connectivity index (χ2v) is 9.50. The molecule has 0 amide bonds. The first-order valence-electron chi connectivity index (χ1n) is 9.30. The predicted octanol–water partition coefficient (Wildman–Crippen LogP) is 4.87. The highest BCUT2D eigenvalue weighted by Crippen LogP contribution is 2.59. The number of nitrogens with one attached hydrogen (secondary N) is 1. The zero-order valence-corrected chi connectivity index (χ0v) is 16.5. The Kier molecular flexibility index (Phi) is 3.33. The average molecular weight is 383 g/mol. The van der Waals surface area contributed by atoms with E-state index in [-0.39, 0.29) is 5.82 Å². The lowest BCUT2D eigenvalue weighted by molar-refractivity contribution is -0.0628. The molecule has 0 radical (unpaired) electrons. The maximum absolute atomic E-state index is 15.2. The van der Waals surface area contributed by atoms with Crippen LogP contribution in [0.1, 0.15) is 45.6 Å². The summed E-state index contributed by atoms with van der Waals surface area (Å²) in [5.74, 6) is -0.263. The summed E-state index contributed by atoms with van der Waals surface area (Å²) < 4.78 is 16.1. The van der Waals surface area contributed by atoms with Crippen molar-refractivity contribution in [2.24, 2.45) is 0 Å². The molecule has 0 bridgehead atoms. The van der Waals surface area contributed by atoms with Crippen molar-refractivity contribution in [3.63, 3.8) is 0 Å². The van der Waals surface area contributed by atoms with Crippen molar-refractivity contribution in [3.05, 3.63) is 41.3 Å². The monoisotopic (exact) mass is 383 g/mol. The SMILES string of the molecule is CC1(C)Nc2cc(F)c(-c3csc4cnncc34)cc2C2(C)CCCC12O. The minimum absolute atomic E-state index is 0.263. The van der Waals surface area contributed by atoms with Gasteiger partial charge in [0.05, 0.1) is 28.2 Å². The quantitative estimate of drug-likeness (QED) is 0.629. The summed E-state index contributed by atoms with van der Waals surface area (Å²) in [7, 11) is 0. The van der Waals surface area contributed by atoms with E-state index in [0.717, 1.165) is 46.2 Å². The summed E-state index contributed by atoms with van der Waals surface area (Å²) in [4.78, 5) is 0. The van der Waals surface area contributed by atoms with E-state index >= 15 is 4.39 Å². The number of benzene rings is 1. The number of nitrogens with zero attached hydrogens (tertiary/aromatic N) is 2. The molecule has 2 unspecified atom stereocenters. The normalized spacial score (nSPS) is 28.6. The predicted molar refractivity (Wildman–Crippen MR) is 107 cm³/mol. The van der Waals surface area contributed by atoms with Crippen molar-refractivity contribution in [3.8, 4) is 11.1 Å². The smallest absolute Gasteiger partial charge is 0.133 e. The molecule has 1 aromatic carbocycles. The summed E-state index contributed by atoms with van der Waals surface area (Å²) in [6.07, 6.45) is 5.99. The molecule has 2 aromatic heterocycles. The molecule has 27 heavy (non-hydrogen) atoms. The number of hydrogen-bond acceptors (Lipinski definition) is 5. The molecule has 3 heterocycles. The summed E-state index contributed by atoms with van der Waals surface area (Å²) in [6.45, 7) is 6.15. The van der Waals surface area contributed by atoms with Gasteiger partial charge in [0.2, 0.25) is 0 Å². The lowest BCUT2D eigenvalue weighted by Gasteiger charge is -2.55. The zero-order valence-electron chi connectivity index (χ0n) is 15.6. The molecule has 6 heteroatoms. The van der Waals surface area contributed by atoms with Gasteiger partial charge >= 0.3 is 0 Å². The standard InChI is InChI=1S/C21H22FN3OS/c1-19(2)21(26)6-4-5-20(21,3)15-7-12(16(22)8-17(15)25-19)14-11-27-18-10-24-23-9-13(14)18/h7-11,25-26H,4-6H2,1-3H3. The first-order valence-corrected chi connectivity index (χ1v) is 10.2. The number of fused-ring (bicyclic) bond motifs is 4. The largest absolute Gasteiger partial charge is 0.387 e. The Bertz CT molecular complexity index is 1080. The molecule has 2 aliphatic rings. The van der Waals surface area contributed by atoms with Crippen molar-refractivity contribution < 1.29 is 9.50 Å². The van der Waals surface area contributed by atoms with Crippen molar-refractivity contribution in [1.82, 2.24) is 10.2 Å². The molecule has 2 atom stereocenters. The van der Waals surface area contributed by atoms with Crippen LogP contribution < -0.4 is 5.32 Å². The van der Waals surface area contributed by atoms with Crippen LogP contribution in [0.25, 0.3) is 21.2 Å². The molecule has 1 saturated carbocycles. The second kappa shape index (κ2) is 5.26. The molecule has 1 fully saturated rings. The van der Waals surface area contributed by atoms with Crippen molar-refractivity contribution in [1.29, 1.82) is 0 Å². The third-order valence-electron chi connectivity index (χ3n) is 6.89. The zero-order chi connectivity index (χ0) is 19.0. The van der Waals surface area contributed by atoms with Crippen LogP contribution in [0.15, 0.2) is 29.9 Å². The Morgan fingerprint density at radius 2 is 1.89 bits per heavy atom. The van der Waals surface area contributed by atoms with Crippen LogP contribution in [0.3, 0.4) is 0 Å². The van der Waals surface area contributed by atoms with E-state index < -0.39 is 16.6 Å². The third kappa shape index (κ3) is 2.05. The van der Waals surface area contributed by atoms with Gasteiger partial charge in [-0.3, -0.25) is 0 Å². The minimum atomic E-state index is -0.871. The molecule has 140 valence electrons. The van der Waals surface area contributed by atoms with Gasteiger partial charge in [-0.2, -0.15) is 10.2 Å². The molecular formula is C21H22FN3OS. The lowest BCUT2D eigenvalue weighted by atomic mass is 9.60. The topological polar surface area (TPSA) is 58.0 Å². The Morgan fingerprint density at radius 1 is 1.11 bits per heavy atom. The van der Waals surface area contributed by atoms with Crippen LogP contribution in [-0.2, 0) is 5.41 Å². The minimum Gasteiger partial charge on any atom is -0.387 e. The fraction of sp³-hybridized carbons (Fsp3) is 0.429. The summed E-state index contributed by atoms with van der Waals surface area (Å²) in [5, 5.41) is 25.8. The van der Waals surface area contributed by atoms with Crippen LogP contribution in [0, 0.1) is 5.82 Å². The number of aromatic nitrogens is 2. The van der Waals surface area contributed by atoms with E-state index in [9.17, 15) is 5.11 Å². The number of thiophene rings is 1. The van der Waals surface area contributed by atoms with Crippen LogP contribution in [0.2, 0.25) is 0 Å². The maximum Gasteiger partial charge on any atom is 0.133 e. The molecule has 3 aromatic rings. The molecule has 0 saturated heterocycles. The van der Waals surface area contributed by atoms with Gasteiger partial charge in [-0.05, 0) is 50.8 Å². The highest BCUT2D eigenvalue weighted by molar-refractivity contribution is 7.17. The summed E-state index contributed by atoms with van der Waals surface area (Å²) >= 11 is 1.54. The maximum atomic E-state index is 15.2. The third-order valence-corrected chi connectivity index (χ3v) is 7.82. The first kappa shape index (κ1) is 17.1. The van der Waals surface area contributed by atoms with E-state index in [2.05, 4.69) is 22.4 Å². The van der Waals surface area contributed by atoms with Gasteiger partial charge in [-0.15, -0.1) is 11.3 Å². The summed E-state index contributed by atoms with van der Waals surface area (Å²) in [5.41, 5.74) is 1.37. The molecule has 2 N–H and O–H groups in total. The van der Waals surface area contributed by atoms with E-state index in [0.29, 0.717) is 5.56 Å². The van der Waals surface area contributed by atoms with Gasteiger partial charge in [-0.1, -0.05) is 6.92 Å². The van der Waals surface area contributed by atoms with Gasteiger partial charge in [-0.25, -0.2) is 4.39 Å². The molecule has 1 aliphatic carbocycles. The van der Waals surface area contributed by atoms with Gasteiger partial charge in [0.15, 0.2) is 0 Å². The fourth-order valence-electron chi connectivity index (χ4n) is 5.32. The Balaban J connectivity index is 1.77. The van der Waals surface area contributed by atoms with Crippen molar-refractivity contribution in [2.75, 3.05) is 5.32 Å². The number of anilines is 1. The van der Waals surface area contributed by atoms with Gasteiger partial charge in [0.1, 0.15) is 5.82 Å². The van der Waals surface area contributed by atoms with E-state index in [1.807, 2.05) is 25.3 Å². The second-order valence-electron chi connectivity index (χ2n) is 8.59. The first-order chi connectivity index (χ1) is 12.8. The van der Waals surface area contributed by atoms with Crippen LogP contribution in [-0.4, -0.2) is 26.4 Å². The molecular weight excluding hydrogens is 361 g/mol. The Labute approximate surface area is 161 Å². The van der Waals surface area contributed by atoms with E-state index in [4.69, 9.17) is 0 Å². The molecule has 1 aliphatic heterocycles. The Hall–Kier alpha value is -2.05. The number of hydrogen-bond donors (Lipinski definition) is 2. The number of aliphatic hydroxyl groups is 1. The van der Waals surface area contributed by atoms with Gasteiger partial charge < -0.3 is 10.4 Å². The Morgan fingerprint density at radius 3 is 2.70 bits per heavy atom. The van der Waals surface area contributed by atoms with Gasteiger partial charge in [0.25, 0.3) is 0 Å². The van der Waals surface area contributed by atoms with Crippen molar-refractivity contribution >= 4 is 27.1 Å². The summed E-state index contributed by atoms with van der Waals surface area (Å²) in [6, 6.07) is 3.53. The van der Waals surface area contributed by atoms with Crippen LogP contribution in [0.5, 0.6) is 0 Å². The van der Waals surface area contributed by atoms with E-state index in [1.165, 1.54) is 11.3 Å². The average Bonchev–Trinajstić information content (AvgIpc) is 3.17. The highest BCUT2D eigenvalue weighted by atomic mass is 32.1. The van der Waals surface area contributed by atoms with Crippen LogP contribution in [0.4, 0.5) is 10.1 Å². The molecule has 4 nitrogen and oxygen atoms in total. The molecule has 5 rings (SSSR count).